The highest BCUT2D eigenvalue weighted by Gasteiger charge is 2.21. The third-order valence-corrected chi connectivity index (χ3v) is 3.96. The molecule has 1 amide bonds. The van der Waals surface area contributed by atoms with Crippen LogP contribution in [0.5, 0.6) is 0 Å². The molecule has 1 fully saturated rings. The fourth-order valence-corrected chi connectivity index (χ4v) is 2.71. The normalized spacial score (nSPS) is 23.7. The standard InChI is InChI=1S/C15H22N2O/c1-10-5-3-4-6-13(10)17-14-8-7-12(15(16)18)9-11(14)2/h7-10,13,17H,3-6H2,1-2H3,(H2,16,18). The van der Waals surface area contributed by atoms with E-state index < -0.39 is 0 Å². The van der Waals surface area contributed by atoms with E-state index in [9.17, 15) is 4.79 Å². The van der Waals surface area contributed by atoms with Gasteiger partial charge in [0.2, 0.25) is 5.91 Å². The Morgan fingerprint density at radius 1 is 1.33 bits per heavy atom. The highest BCUT2D eigenvalue weighted by Crippen LogP contribution is 2.28. The van der Waals surface area contributed by atoms with Crippen molar-refractivity contribution in [1.29, 1.82) is 0 Å². The molecule has 18 heavy (non-hydrogen) atoms. The Bertz CT molecular complexity index is 442. The molecule has 3 heteroatoms. The fraction of sp³-hybridized carbons (Fsp3) is 0.533. The Kier molecular flexibility index (Phi) is 3.90. The number of hydrogen-bond donors (Lipinski definition) is 2. The van der Waals surface area contributed by atoms with Crippen LogP contribution in [0.4, 0.5) is 5.69 Å². The number of hydrogen-bond acceptors (Lipinski definition) is 2. The van der Waals surface area contributed by atoms with Crippen LogP contribution in [0, 0.1) is 12.8 Å². The van der Waals surface area contributed by atoms with Gasteiger partial charge >= 0.3 is 0 Å². The maximum absolute atomic E-state index is 11.1. The molecule has 3 nitrogen and oxygen atoms in total. The topological polar surface area (TPSA) is 55.1 Å². The molecule has 0 radical (unpaired) electrons. The van der Waals surface area contributed by atoms with Crippen LogP contribution in [0.15, 0.2) is 18.2 Å². The molecule has 0 heterocycles. The Hall–Kier alpha value is -1.51. The zero-order valence-electron chi connectivity index (χ0n) is 11.2. The number of anilines is 1. The molecule has 1 aromatic carbocycles. The monoisotopic (exact) mass is 246 g/mol. The largest absolute Gasteiger partial charge is 0.382 e. The summed E-state index contributed by atoms with van der Waals surface area (Å²) in [4.78, 5) is 11.1. The van der Waals surface area contributed by atoms with Crippen molar-refractivity contribution in [1.82, 2.24) is 0 Å². The van der Waals surface area contributed by atoms with Crippen LogP contribution in [0.3, 0.4) is 0 Å². The summed E-state index contributed by atoms with van der Waals surface area (Å²) < 4.78 is 0. The molecule has 1 aromatic rings. The van der Waals surface area contributed by atoms with Crippen LogP contribution < -0.4 is 11.1 Å². The van der Waals surface area contributed by atoms with Crippen molar-refractivity contribution >= 4 is 11.6 Å². The van der Waals surface area contributed by atoms with Gasteiger partial charge in [-0.2, -0.15) is 0 Å². The summed E-state index contributed by atoms with van der Waals surface area (Å²) in [6.07, 6.45) is 5.19. The number of carbonyl (C=O) groups excluding carboxylic acids is 1. The van der Waals surface area contributed by atoms with Gasteiger partial charge in [0, 0.05) is 17.3 Å². The van der Waals surface area contributed by atoms with Crippen LogP contribution in [-0.4, -0.2) is 11.9 Å². The van der Waals surface area contributed by atoms with Crippen molar-refractivity contribution in [3.05, 3.63) is 29.3 Å². The zero-order chi connectivity index (χ0) is 13.1. The quantitative estimate of drug-likeness (QED) is 0.861. The lowest BCUT2D eigenvalue weighted by molar-refractivity contribution is 0.1000. The third-order valence-electron chi connectivity index (χ3n) is 3.96. The van der Waals surface area contributed by atoms with Gasteiger partial charge < -0.3 is 11.1 Å². The smallest absolute Gasteiger partial charge is 0.248 e. The molecule has 0 aliphatic heterocycles. The van der Waals surface area contributed by atoms with E-state index in [1.807, 2.05) is 19.1 Å². The highest BCUT2D eigenvalue weighted by atomic mass is 16.1. The predicted octanol–water partition coefficient (Wildman–Crippen LogP) is 3.08. The van der Waals surface area contributed by atoms with Crippen molar-refractivity contribution in [2.24, 2.45) is 11.7 Å². The first kappa shape index (κ1) is 12.9. The Balaban J connectivity index is 2.11. The van der Waals surface area contributed by atoms with Gasteiger partial charge in [-0.1, -0.05) is 19.8 Å². The van der Waals surface area contributed by atoms with E-state index in [4.69, 9.17) is 5.73 Å². The van der Waals surface area contributed by atoms with Crippen molar-refractivity contribution in [3.8, 4) is 0 Å². The molecule has 2 unspecified atom stereocenters. The van der Waals surface area contributed by atoms with Gasteiger partial charge in [-0.25, -0.2) is 0 Å². The van der Waals surface area contributed by atoms with Crippen LogP contribution >= 0.6 is 0 Å². The molecule has 1 saturated carbocycles. The second-order valence-electron chi connectivity index (χ2n) is 5.41. The second-order valence-corrected chi connectivity index (χ2v) is 5.41. The van der Waals surface area contributed by atoms with Gasteiger partial charge in [-0.05, 0) is 49.4 Å². The number of carbonyl (C=O) groups is 1. The van der Waals surface area contributed by atoms with E-state index >= 15 is 0 Å². The molecule has 0 spiro atoms. The summed E-state index contributed by atoms with van der Waals surface area (Å²) in [5, 5.41) is 3.61. The Morgan fingerprint density at radius 3 is 2.67 bits per heavy atom. The lowest BCUT2D eigenvalue weighted by atomic mass is 9.85. The average molecular weight is 246 g/mol. The van der Waals surface area contributed by atoms with E-state index in [0.717, 1.165) is 11.3 Å². The maximum Gasteiger partial charge on any atom is 0.248 e. The van der Waals surface area contributed by atoms with E-state index in [2.05, 4.69) is 12.2 Å². The molecule has 0 bridgehead atoms. The summed E-state index contributed by atoms with van der Waals surface area (Å²) in [6.45, 7) is 4.33. The van der Waals surface area contributed by atoms with Crippen LogP contribution in [-0.2, 0) is 0 Å². The molecule has 0 aromatic heterocycles. The van der Waals surface area contributed by atoms with Crippen molar-refractivity contribution in [2.45, 2.75) is 45.6 Å². The summed E-state index contributed by atoms with van der Waals surface area (Å²) >= 11 is 0. The lowest BCUT2D eigenvalue weighted by Gasteiger charge is -2.31. The van der Waals surface area contributed by atoms with Crippen LogP contribution in [0.25, 0.3) is 0 Å². The lowest BCUT2D eigenvalue weighted by Crippen LogP contribution is -2.30. The minimum atomic E-state index is -0.365. The summed E-state index contributed by atoms with van der Waals surface area (Å²) in [5.74, 6) is 0.352. The van der Waals surface area contributed by atoms with Gasteiger partial charge in [0.05, 0.1) is 0 Å². The number of rotatable bonds is 3. The fourth-order valence-electron chi connectivity index (χ4n) is 2.71. The molecule has 2 atom stereocenters. The van der Waals surface area contributed by atoms with Crippen molar-refractivity contribution in [3.63, 3.8) is 0 Å². The van der Waals surface area contributed by atoms with E-state index in [1.165, 1.54) is 25.7 Å². The number of amides is 1. The number of aryl methyl sites for hydroxylation is 1. The van der Waals surface area contributed by atoms with Gasteiger partial charge in [-0.3, -0.25) is 4.79 Å². The SMILES string of the molecule is Cc1cc(C(N)=O)ccc1NC1CCCCC1C. The second kappa shape index (κ2) is 5.42. The van der Waals surface area contributed by atoms with Gasteiger partial charge in [0.1, 0.15) is 0 Å². The molecule has 98 valence electrons. The maximum atomic E-state index is 11.1. The van der Waals surface area contributed by atoms with Crippen LogP contribution in [0.1, 0.15) is 48.5 Å². The molecule has 1 aliphatic rings. The first-order chi connectivity index (χ1) is 8.58. The van der Waals surface area contributed by atoms with Gasteiger partial charge in [0.15, 0.2) is 0 Å². The number of primary amides is 1. The summed E-state index contributed by atoms with van der Waals surface area (Å²) in [7, 11) is 0. The van der Waals surface area contributed by atoms with Gasteiger partial charge in [-0.15, -0.1) is 0 Å². The van der Waals surface area contributed by atoms with Gasteiger partial charge in [0.25, 0.3) is 0 Å². The summed E-state index contributed by atoms with van der Waals surface area (Å²) in [6, 6.07) is 6.18. The minimum absolute atomic E-state index is 0.365. The predicted molar refractivity (Wildman–Crippen MR) is 74.7 cm³/mol. The molecular weight excluding hydrogens is 224 g/mol. The molecular formula is C15H22N2O. The molecule has 1 aliphatic carbocycles. The first-order valence-corrected chi connectivity index (χ1v) is 6.75. The first-order valence-electron chi connectivity index (χ1n) is 6.75. The number of nitrogens with one attached hydrogen (secondary N) is 1. The molecule has 3 N–H and O–H groups in total. The molecule has 0 saturated heterocycles. The number of nitrogens with two attached hydrogens (primary N) is 1. The summed E-state index contributed by atoms with van der Waals surface area (Å²) in [5.41, 5.74) is 8.07. The van der Waals surface area contributed by atoms with Crippen molar-refractivity contribution in [2.75, 3.05) is 5.32 Å². The van der Waals surface area contributed by atoms with Crippen molar-refractivity contribution < 1.29 is 4.79 Å². The van der Waals surface area contributed by atoms with E-state index in [1.54, 1.807) is 6.07 Å². The number of benzene rings is 1. The highest BCUT2D eigenvalue weighted by molar-refractivity contribution is 5.93. The van der Waals surface area contributed by atoms with Crippen LogP contribution in [0.2, 0.25) is 0 Å². The average Bonchev–Trinajstić information content (AvgIpc) is 2.34. The zero-order valence-corrected chi connectivity index (χ0v) is 11.2. The third kappa shape index (κ3) is 2.84. The Morgan fingerprint density at radius 2 is 2.06 bits per heavy atom. The van der Waals surface area contributed by atoms with E-state index in [-0.39, 0.29) is 5.91 Å². The molecule has 2 rings (SSSR count). The minimum Gasteiger partial charge on any atom is -0.382 e. The van der Waals surface area contributed by atoms with E-state index in [0.29, 0.717) is 17.5 Å². The Labute approximate surface area is 109 Å².